The number of oxazole rings is 2. The lowest BCUT2D eigenvalue weighted by molar-refractivity contribution is 0.0965. The summed E-state index contributed by atoms with van der Waals surface area (Å²) in [5, 5.41) is 2.91. The van der Waals surface area contributed by atoms with Crippen molar-refractivity contribution in [3.05, 3.63) is 81.2 Å². The molecule has 5 heterocycles. The number of allylic oxidation sites excluding steroid dienone is 2. The number of hydrogen-bond donors (Lipinski definition) is 3. The van der Waals surface area contributed by atoms with Crippen LogP contribution in [0.25, 0.3) is 21.5 Å². The van der Waals surface area contributed by atoms with Gasteiger partial charge in [-0.1, -0.05) is 58.1 Å². The van der Waals surface area contributed by atoms with Crippen molar-refractivity contribution < 1.29 is 37.2 Å². The standard InChI is InChI=1S/C41H51N11O8SSi/c1-10-25-31(59-22(3)45-25)36(55)49-39-48-27-19-24(33(42)53)20-29(57-17-14-18-58-62(8,9)41(5,6)7)30(27)51(39)15-12-13-16-52-35-38(47-28(21-44-35)34(43)54)61-40(52)50-37(56)32-26(11-2)46-23(4)60-32/h12-13,19-21H,10-11,14-18H2,1-9H3,(H2,42,53)(H2,43,54)(H,48,49,55)/b13-12+,50-40-. The summed E-state index contributed by atoms with van der Waals surface area (Å²) < 4.78 is 27.4. The number of imidazole rings is 1. The van der Waals surface area contributed by atoms with Crippen LogP contribution in [-0.2, 0) is 30.4 Å². The molecule has 4 amide bonds. The molecule has 0 radical (unpaired) electrons. The molecule has 0 atom stereocenters. The summed E-state index contributed by atoms with van der Waals surface area (Å²) in [7, 11) is -2.00. The maximum atomic E-state index is 13.7. The number of nitrogens with one attached hydrogen (secondary N) is 1. The molecule has 0 saturated carbocycles. The highest BCUT2D eigenvalue weighted by Gasteiger charge is 2.37. The first-order valence-electron chi connectivity index (χ1n) is 20.1. The van der Waals surface area contributed by atoms with Gasteiger partial charge in [-0.3, -0.25) is 29.1 Å². The second-order valence-corrected chi connectivity index (χ2v) is 21.6. The number of primary amides is 2. The fourth-order valence-corrected chi connectivity index (χ4v) is 8.24. The molecule has 0 aliphatic heterocycles. The average molecular weight is 886 g/mol. The molecule has 0 unspecified atom stereocenters. The van der Waals surface area contributed by atoms with E-state index in [1.165, 1.54) is 12.3 Å². The molecule has 0 spiro atoms. The molecule has 6 rings (SSSR count). The van der Waals surface area contributed by atoms with E-state index >= 15 is 0 Å². The van der Waals surface area contributed by atoms with Crippen LogP contribution in [0.15, 0.2) is 44.3 Å². The van der Waals surface area contributed by atoms with Crippen molar-refractivity contribution >= 4 is 70.7 Å². The number of ether oxygens (including phenoxy) is 1. The molecule has 0 fully saturated rings. The number of anilines is 1. The Bertz CT molecular complexity index is 2790. The summed E-state index contributed by atoms with van der Waals surface area (Å²) in [5.41, 5.74) is 13.5. The number of amides is 4. The number of aromatic nitrogens is 7. The topological polar surface area (TPSA) is 264 Å². The molecule has 0 bridgehead atoms. The van der Waals surface area contributed by atoms with Crippen LogP contribution in [-0.4, -0.2) is 79.2 Å². The number of fused-ring (bicyclic) bond motifs is 2. The van der Waals surface area contributed by atoms with Gasteiger partial charge < -0.3 is 34.0 Å². The third-order valence-corrected chi connectivity index (χ3v) is 15.9. The maximum Gasteiger partial charge on any atom is 0.317 e. The Morgan fingerprint density at radius 2 is 1.55 bits per heavy atom. The van der Waals surface area contributed by atoms with Crippen LogP contribution in [0.2, 0.25) is 18.1 Å². The Hall–Kier alpha value is -6.32. The van der Waals surface area contributed by atoms with Crippen molar-refractivity contribution in [2.45, 2.75) is 99.0 Å². The summed E-state index contributed by atoms with van der Waals surface area (Å²) in [4.78, 5) is 78.7. The molecule has 0 saturated heterocycles. The third-order valence-electron chi connectivity index (χ3n) is 10.4. The molecule has 19 nitrogen and oxygen atoms in total. The van der Waals surface area contributed by atoms with Gasteiger partial charge in [0.1, 0.15) is 17.0 Å². The number of nitrogens with zero attached hydrogens (tertiary/aromatic N) is 8. The van der Waals surface area contributed by atoms with Crippen molar-refractivity contribution in [1.82, 2.24) is 34.1 Å². The minimum atomic E-state index is -2.00. The highest BCUT2D eigenvalue weighted by atomic mass is 32.1. The number of hydrogen-bond acceptors (Lipinski definition) is 14. The molecule has 6 aromatic rings. The van der Waals surface area contributed by atoms with Crippen molar-refractivity contribution in [3.63, 3.8) is 0 Å². The number of carbonyl (C=O) groups excluding carboxylic acids is 4. The van der Waals surface area contributed by atoms with E-state index in [1.807, 2.05) is 19.9 Å². The van der Waals surface area contributed by atoms with Gasteiger partial charge in [0.05, 0.1) is 29.7 Å². The molecule has 5 aromatic heterocycles. The highest BCUT2D eigenvalue weighted by Crippen LogP contribution is 2.37. The third kappa shape index (κ3) is 9.74. The van der Waals surface area contributed by atoms with Gasteiger partial charge in [-0.2, -0.15) is 4.99 Å². The van der Waals surface area contributed by atoms with Crippen LogP contribution in [0.4, 0.5) is 5.95 Å². The second kappa shape index (κ2) is 18.3. The zero-order chi connectivity index (χ0) is 45.1. The smallest absolute Gasteiger partial charge is 0.317 e. The van der Waals surface area contributed by atoms with Gasteiger partial charge in [-0.05, 0) is 43.1 Å². The molecule has 62 heavy (non-hydrogen) atoms. The van der Waals surface area contributed by atoms with Crippen LogP contribution in [0.5, 0.6) is 5.75 Å². The quantitative estimate of drug-likeness (QED) is 0.0556. The van der Waals surface area contributed by atoms with Crippen LogP contribution in [0, 0.1) is 13.8 Å². The summed E-state index contributed by atoms with van der Waals surface area (Å²) in [6.07, 6.45) is 6.36. The summed E-state index contributed by atoms with van der Waals surface area (Å²) >= 11 is 1.05. The van der Waals surface area contributed by atoms with Crippen LogP contribution in [0.1, 0.15) is 106 Å². The van der Waals surface area contributed by atoms with E-state index < -0.39 is 31.9 Å². The van der Waals surface area contributed by atoms with Gasteiger partial charge in [0, 0.05) is 45.5 Å². The summed E-state index contributed by atoms with van der Waals surface area (Å²) in [5.74, 6) is -1.45. The lowest BCUT2D eigenvalue weighted by Crippen LogP contribution is -2.41. The lowest BCUT2D eigenvalue weighted by atomic mass is 10.1. The number of nitrogens with two attached hydrogens (primary N) is 2. The SMILES string of the molecule is CCc1nc(C)oc1C(=O)/N=c1\sc2nc(C(N)=O)cnc2n1C/C=C/Cn1c(NC(=O)c2oc(C)nc2CC)nc2cc(C(N)=O)cc(OCCCO[Si](C)(C)C(C)(C)C)c21. The maximum absolute atomic E-state index is 13.7. The van der Waals surface area contributed by atoms with Crippen molar-refractivity contribution in [3.8, 4) is 5.75 Å². The largest absolute Gasteiger partial charge is 0.491 e. The first kappa shape index (κ1) is 45.2. The average Bonchev–Trinajstić information content (AvgIpc) is 3.97. The first-order valence-corrected chi connectivity index (χ1v) is 23.8. The van der Waals surface area contributed by atoms with E-state index in [0.717, 1.165) is 11.3 Å². The van der Waals surface area contributed by atoms with Gasteiger partial charge in [0.15, 0.2) is 35.4 Å². The minimum Gasteiger partial charge on any atom is -0.491 e. The van der Waals surface area contributed by atoms with E-state index in [1.54, 1.807) is 35.1 Å². The molecule has 328 valence electrons. The molecule has 0 aliphatic carbocycles. The number of benzene rings is 1. The first-order chi connectivity index (χ1) is 29.3. The molecular formula is C41H51N11O8SSi. The number of aryl methyl sites for hydroxylation is 4. The van der Waals surface area contributed by atoms with Crippen molar-refractivity contribution in [1.29, 1.82) is 0 Å². The second-order valence-electron chi connectivity index (χ2n) is 15.9. The van der Waals surface area contributed by atoms with Gasteiger partial charge in [0.25, 0.3) is 11.8 Å². The fraction of sp³-hybridized carbons (Fsp3) is 0.415. The van der Waals surface area contributed by atoms with Crippen LogP contribution >= 0.6 is 11.3 Å². The number of thiazole rings is 1. The lowest BCUT2D eigenvalue weighted by Gasteiger charge is -2.36. The Morgan fingerprint density at radius 1 is 0.903 bits per heavy atom. The summed E-state index contributed by atoms with van der Waals surface area (Å²) in [6, 6.07) is 3.09. The van der Waals surface area contributed by atoms with Crippen molar-refractivity contribution in [2.75, 3.05) is 18.5 Å². The zero-order valence-corrected chi connectivity index (χ0v) is 38.1. The molecule has 5 N–H and O–H groups in total. The van der Waals surface area contributed by atoms with Crippen LogP contribution in [0.3, 0.4) is 0 Å². The van der Waals surface area contributed by atoms with E-state index in [2.05, 4.69) is 64.1 Å². The van der Waals surface area contributed by atoms with Gasteiger partial charge >= 0.3 is 5.91 Å². The zero-order valence-electron chi connectivity index (χ0n) is 36.2. The van der Waals surface area contributed by atoms with E-state index in [-0.39, 0.29) is 58.3 Å². The highest BCUT2D eigenvalue weighted by molar-refractivity contribution is 7.15. The van der Waals surface area contributed by atoms with Gasteiger partial charge in [-0.15, -0.1) is 0 Å². The number of carbonyl (C=O) groups is 4. The molecular weight excluding hydrogens is 835 g/mol. The minimum absolute atomic E-state index is 0.0250. The normalized spacial score (nSPS) is 12.6. The number of rotatable bonds is 17. The predicted octanol–water partition coefficient (Wildman–Crippen LogP) is 5.80. The predicted molar refractivity (Wildman–Crippen MR) is 234 cm³/mol. The summed E-state index contributed by atoms with van der Waals surface area (Å²) in [6.45, 7) is 18.9. The Morgan fingerprint density at radius 3 is 2.18 bits per heavy atom. The van der Waals surface area contributed by atoms with E-state index in [9.17, 15) is 19.2 Å². The van der Waals surface area contributed by atoms with Gasteiger partial charge in [0.2, 0.25) is 23.4 Å². The van der Waals surface area contributed by atoms with Crippen LogP contribution < -0.4 is 26.3 Å². The Labute approximate surface area is 361 Å². The van der Waals surface area contributed by atoms with E-state index in [0.29, 0.717) is 76.3 Å². The van der Waals surface area contributed by atoms with Crippen molar-refractivity contribution in [2.24, 2.45) is 16.5 Å². The Balaban J connectivity index is 1.38. The monoisotopic (exact) mass is 885 g/mol. The molecule has 0 aliphatic rings. The fourth-order valence-electron chi connectivity index (χ4n) is 6.18. The van der Waals surface area contributed by atoms with E-state index in [4.69, 9.17) is 34.4 Å². The molecule has 1 aromatic carbocycles. The Kier molecular flexibility index (Phi) is 13.4. The van der Waals surface area contributed by atoms with Gasteiger partial charge in [-0.25, -0.2) is 24.9 Å². The molecule has 21 heteroatoms.